The molecule has 2 N–H and O–H groups in total. The molecule has 6 heteroatoms. The molecular weight excluding hydrogens is 246 g/mol. The summed E-state index contributed by atoms with van der Waals surface area (Å²) < 4.78 is 0. The molecule has 0 saturated carbocycles. The number of aryl methyl sites for hydroxylation is 1. The Morgan fingerprint density at radius 1 is 1.53 bits per heavy atom. The van der Waals surface area contributed by atoms with Gasteiger partial charge in [0, 0.05) is 30.7 Å². The smallest absolute Gasteiger partial charge is 0.321 e. The largest absolute Gasteiger partial charge is 0.481 e. The van der Waals surface area contributed by atoms with Crippen LogP contribution in [0.2, 0.25) is 0 Å². The number of nitrogens with zero attached hydrogens (tertiary/aromatic N) is 2. The molecule has 0 radical (unpaired) electrons. The molecule has 2 rings (SSSR count). The number of carbonyl (C=O) groups is 2. The number of piperidine rings is 1. The fourth-order valence-corrected chi connectivity index (χ4v) is 2.19. The summed E-state index contributed by atoms with van der Waals surface area (Å²) in [6.07, 6.45) is 2.98. The first-order valence-corrected chi connectivity index (χ1v) is 6.27. The number of carboxylic acids is 1. The van der Waals surface area contributed by atoms with E-state index < -0.39 is 11.9 Å². The first kappa shape index (κ1) is 13.3. The molecule has 1 unspecified atom stereocenters. The number of amides is 2. The molecule has 0 spiro atoms. The van der Waals surface area contributed by atoms with E-state index in [4.69, 9.17) is 5.11 Å². The highest BCUT2D eigenvalue weighted by atomic mass is 16.4. The summed E-state index contributed by atoms with van der Waals surface area (Å²) in [5, 5.41) is 11.8. The molecule has 1 saturated heterocycles. The monoisotopic (exact) mass is 263 g/mol. The third-order valence-electron chi connectivity index (χ3n) is 3.21. The molecule has 2 amide bonds. The molecule has 1 fully saturated rings. The number of hydrogen-bond acceptors (Lipinski definition) is 3. The highest BCUT2D eigenvalue weighted by Crippen LogP contribution is 2.18. The number of hydrogen-bond donors (Lipinski definition) is 2. The van der Waals surface area contributed by atoms with Crippen molar-refractivity contribution in [2.75, 3.05) is 18.4 Å². The van der Waals surface area contributed by atoms with Crippen molar-refractivity contribution in [3.8, 4) is 0 Å². The van der Waals surface area contributed by atoms with Crippen molar-refractivity contribution in [1.82, 2.24) is 9.88 Å². The fraction of sp³-hybridized carbons (Fsp3) is 0.462. The number of rotatable bonds is 2. The average molecular weight is 263 g/mol. The minimum Gasteiger partial charge on any atom is -0.481 e. The molecule has 1 aromatic rings. The van der Waals surface area contributed by atoms with Crippen molar-refractivity contribution in [2.24, 2.45) is 5.92 Å². The molecule has 1 atom stereocenters. The summed E-state index contributed by atoms with van der Waals surface area (Å²) in [6, 6.07) is 3.23. The first-order chi connectivity index (χ1) is 9.06. The maximum absolute atomic E-state index is 12.0. The Hall–Kier alpha value is -2.11. The van der Waals surface area contributed by atoms with Crippen LogP contribution in [0.5, 0.6) is 0 Å². The van der Waals surface area contributed by atoms with Gasteiger partial charge in [-0.25, -0.2) is 4.79 Å². The van der Waals surface area contributed by atoms with E-state index in [-0.39, 0.29) is 12.6 Å². The van der Waals surface area contributed by atoms with E-state index in [0.717, 1.165) is 12.1 Å². The number of aliphatic carboxylic acids is 1. The normalized spacial score (nSPS) is 19.0. The maximum Gasteiger partial charge on any atom is 0.321 e. The number of aromatic nitrogens is 1. The number of nitrogens with one attached hydrogen (secondary N) is 1. The van der Waals surface area contributed by atoms with Gasteiger partial charge in [-0.05, 0) is 31.9 Å². The molecule has 19 heavy (non-hydrogen) atoms. The molecule has 1 aliphatic rings. The van der Waals surface area contributed by atoms with Crippen LogP contribution in [0.4, 0.5) is 10.5 Å². The first-order valence-electron chi connectivity index (χ1n) is 6.27. The molecule has 0 aliphatic carbocycles. The van der Waals surface area contributed by atoms with Crippen LogP contribution < -0.4 is 5.32 Å². The Morgan fingerprint density at radius 2 is 2.32 bits per heavy atom. The third kappa shape index (κ3) is 3.43. The summed E-state index contributed by atoms with van der Waals surface area (Å²) in [7, 11) is 0. The lowest BCUT2D eigenvalue weighted by Gasteiger charge is -2.30. The molecule has 0 aromatic carbocycles. The molecule has 1 aromatic heterocycles. The highest BCUT2D eigenvalue weighted by molar-refractivity contribution is 5.89. The van der Waals surface area contributed by atoms with Gasteiger partial charge in [-0.15, -0.1) is 0 Å². The van der Waals surface area contributed by atoms with Gasteiger partial charge in [0.05, 0.1) is 5.92 Å². The zero-order valence-corrected chi connectivity index (χ0v) is 10.8. The van der Waals surface area contributed by atoms with Gasteiger partial charge in [0.2, 0.25) is 0 Å². The van der Waals surface area contributed by atoms with Crippen LogP contribution in [-0.4, -0.2) is 40.1 Å². The van der Waals surface area contributed by atoms with Gasteiger partial charge < -0.3 is 15.3 Å². The number of likely N-dealkylation sites (tertiary alicyclic amines) is 1. The SMILES string of the molecule is Cc1cc(NC(=O)N2CCCC(C(=O)O)C2)ccn1. The number of carbonyl (C=O) groups excluding carboxylic acids is 1. The predicted molar refractivity (Wildman–Crippen MR) is 69.9 cm³/mol. The fourth-order valence-electron chi connectivity index (χ4n) is 2.19. The van der Waals surface area contributed by atoms with Crippen LogP contribution in [0.3, 0.4) is 0 Å². The Morgan fingerprint density at radius 3 is 3.00 bits per heavy atom. The number of urea groups is 1. The lowest BCUT2D eigenvalue weighted by atomic mass is 9.99. The van der Waals surface area contributed by atoms with Gasteiger partial charge in [0.25, 0.3) is 0 Å². The van der Waals surface area contributed by atoms with Gasteiger partial charge in [0.1, 0.15) is 0 Å². The lowest BCUT2D eigenvalue weighted by molar-refractivity contribution is -0.143. The van der Waals surface area contributed by atoms with Crippen molar-refractivity contribution < 1.29 is 14.7 Å². The van der Waals surface area contributed by atoms with E-state index >= 15 is 0 Å². The summed E-state index contributed by atoms with van der Waals surface area (Å²) in [6.45, 7) is 2.71. The topological polar surface area (TPSA) is 82.5 Å². The van der Waals surface area contributed by atoms with Crippen molar-refractivity contribution in [2.45, 2.75) is 19.8 Å². The van der Waals surface area contributed by atoms with Crippen molar-refractivity contribution in [1.29, 1.82) is 0 Å². The molecular formula is C13H17N3O3. The van der Waals surface area contributed by atoms with Crippen LogP contribution in [0.15, 0.2) is 18.3 Å². The number of anilines is 1. The highest BCUT2D eigenvalue weighted by Gasteiger charge is 2.28. The van der Waals surface area contributed by atoms with Gasteiger partial charge in [-0.3, -0.25) is 9.78 Å². The van der Waals surface area contributed by atoms with E-state index in [2.05, 4.69) is 10.3 Å². The molecule has 102 valence electrons. The number of carboxylic acid groups (broad SMARTS) is 1. The van der Waals surface area contributed by atoms with Crippen LogP contribution >= 0.6 is 0 Å². The minimum absolute atomic E-state index is 0.253. The van der Waals surface area contributed by atoms with Crippen molar-refractivity contribution in [3.05, 3.63) is 24.0 Å². The van der Waals surface area contributed by atoms with Crippen LogP contribution in [0, 0.1) is 12.8 Å². The second-order valence-electron chi connectivity index (χ2n) is 4.74. The van der Waals surface area contributed by atoms with Crippen LogP contribution in [-0.2, 0) is 4.79 Å². The zero-order valence-electron chi connectivity index (χ0n) is 10.8. The molecule has 0 bridgehead atoms. The van der Waals surface area contributed by atoms with E-state index in [1.165, 1.54) is 0 Å². The van der Waals surface area contributed by atoms with Crippen LogP contribution in [0.25, 0.3) is 0 Å². The standard InChI is InChI=1S/C13H17N3O3/c1-9-7-11(4-5-14-9)15-13(19)16-6-2-3-10(8-16)12(17)18/h4-5,7,10H,2-3,6,8H2,1H3,(H,17,18)(H,14,15,19). The summed E-state index contributed by atoms with van der Waals surface area (Å²) in [5.74, 6) is -1.30. The van der Waals surface area contributed by atoms with E-state index in [1.54, 1.807) is 23.2 Å². The van der Waals surface area contributed by atoms with Crippen molar-refractivity contribution >= 4 is 17.7 Å². The average Bonchev–Trinajstić information content (AvgIpc) is 2.39. The Kier molecular flexibility index (Phi) is 3.99. The summed E-state index contributed by atoms with van der Waals surface area (Å²) >= 11 is 0. The minimum atomic E-state index is -0.836. The molecule has 2 heterocycles. The van der Waals surface area contributed by atoms with Crippen LogP contribution in [0.1, 0.15) is 18.5 Å². The van der Waals surface area contributed by atoms with E-state index in [1.807, 2.05) is 6.92 Å². The Balaban J connectivity index is 1.98. The second kappa shape index (κ2) is 5.69. The van der Waals surface area contributed by atoms with E-state index in [9.17, 15) is 9.59 Å². The van der Waals surface area contributed by atoms with Gasteiger partial charge in [-0.1, -0.05) is 0 Å². The summed E-state index contributed by atoms with van der Waals surface area (Å²) in [5.41, 5.74) is 1.50. The van der Waals surface area contributed by atoms with Gasteiger partial charge >= 0.3 is 12.0 Å². The van der Waals surface area contributed by atoms with Crippen molar-refractivity contribution in [3.63, 3.8) is 0 Å². The van der Waals surface area contributed by atoms with Gasteiger partial charge in [-0.2, -0.15) is 0 Å². The quantitative estimate of drug-likeness (QED) is 0.851. The molecule has 1 aliphatic heterocycles. The lowest BCUT2D eigenvalue weighted by Crippen LogP contribution is -2.44. The zero-order chi connectivity index (χ0) is 13.8. The maximum atomic E-state index is 12.0. The molecule has 6 nitrogen and oxygen atoms in total. The Bertz CT molecular complexity index is 490. The summed E-state index contributed by atoms with van der Waals surface area (Å²) in [4.78, 5) is 28.6. The number of pyridine rings is 1. The van der Waals surface area contributed by atoms with E-state index in [0.29, 0.717) is 18.7 Å². The predicted octanol–water partition coefficient (Wildman–Crippen LogP) is 1.72. The Labute approximate surface area is 111 Å². The van der Waals surface area contributed by atoms with Gasteiger partial charge in [0.15, 0.2) is 0 Å². The second-order valence-corrected chi connectivity index (χ2v) is 4.74. The third-order valence-corrected chi connectivity index (χ3v) is 3.21.